The number of carbonyl (C=O) groups excluding carboxylic acids is 1. The summed E-state index contributed by atoms with van der Waals surface area (Å²) in [5.41, 5.74) is 14.1. The fourth-order valence-corrected chi connectivity index (χ4v) is 2.86. The second kappa shape index (κ2) is 5.32. The average molecular weight is 273 g/mol. The number of aryl methyl sites for hydroxylation is 2. The summed E-state index contributed by atoms with van der Waals surface area (Å²) in [7, 11) is 0. The van der Waals surface area contributed by atoms with E-state index >= 15 is 0 Å². The molecule has 1 amide bonds. The lowest BCUT2D eigenvalue weighted by Crippen LogP contribution is -2.12. The van der Waals surface area contributed by atoms with Gasteiger partial charge in [0, 0.05) is 16.3 Å². The minimum Gasteiger partial charge on any atom is -0.399 e. The highest BCUT2D eigenvalue weighted by atomic mass is 32.2. The van der Waals surface area contributed by atoms with Crippen molar-refractivity contribution in [1.29, 1.82) is 0 Å². The Morgan fingerprint density at radius 1 is 1.21 bits per heavy atom. The molecular formula is C14H15N3OS. The molecule has 1 aromatic carbocycles. The van der Waals surface area contributed by atoms with Crippen molar-refractivity contribution in [3.63, 3.8) is 0 Å². The number of nitrogens with zero attached hydrogens (tertiary/aromatic N) is 1. The summed E-state index contributed by atoms with van der Waals surface area (Å²) >= 11 is 1.41. The van der Waals surface area contributed by atoms with E-state index in [1.807, 2.05) is 26.0 Å². The molecular weight excluding hydrogens is 258 g/mol. The minimum atomic E-state index is -0.487. The van der Waals surface area contributed by atoms with E-state index in [4.69, 9.17) is 11.5 Å². The van der Waals surface area contributed by atoms with Crippen molar-refractivity contribution in [2.24, 2.45) is 5.73 Å². The van der Waals surface area contributed by atoms with Crippen LogP contribution in [0.5, 0.6) is 0 Å². The highest BCUT2D eigenvalue weighted by molar-refractivity contribution is 7.99. The zero-order chi connectivity index (χ0) is 14.0. The molecule has 0 aliphatic carbocycles. The van der Waals surface area contributed by atoms with Gasteiger partial charge in [0.25, 0.3) is 0 Å². The molecule has 0 spiro atoms. The Bertz CT molecular complexity index is 620. The second-order valence-electron chi connectivity index (χ2n) is 4.35. The van der Waals surface area contributed by atoms with Crippen LogP contribution in [0.25, 0.3) is 0 Å². The molecule has 0 fully saturated rings. The van der Waals surface area contributed by atoms with E-state index < -0.39 is 5.91 Å². The smallest absolute Gasteiger partial charge is 0.249 e. The molecule has 0 atom stereocenters. The standard InChI is InChI=1S/C14H15N3OS/c1-8-5-9(2)17-13(6-8)19-12-4-3-10(15)7-11(12)14(16)18/h3-7H,15H2,1-2H3,(H2,16,18). The highest BCUT2D eigenvalue weighted by Gasteiger charge is 2.11. The van der Waals surface area contributed by atoms with E-state index in [0.29, 0.717) is 11.3 Å². The van der Waals surface area contributed by atoms with Gasteiger partial charge in [0.2, 0.25) is 5.91 Å². The molecule has 1 aromatic heterocycles. The number of amides is 1. The summed E-state index contributed by atoms with van der Waals surface area (Å²) < 4.78 is 0. The number of rotatable bonds is 3. The predicted molar refractivity (Wildman–Crippen MR) is 77.2 cm³/mol. The topological polar surface area (TPSA) is 82.0 Å². The molecule has 0 bridgehead atoms. The van der Waals surface area contributed by atoms with Gasteiger partial charge in [0.1, 0.15) is 5.03 Å². The Morgan fingerprint density at radius 3 is 2.58 bits per heavy atom. The predicted octanol–water partition coefficient (Wildman–Crippen LogP) is 2.53. The molecule has 2 aromatic rings. The number of carbonyl (C=O) groups is 1. The summed E-state index contributed by atoms with van der Waals surface area (Å²) in [6.45, 7) is 3.95. The summed E-state index contributed by atoms with van der Waals surface area (Å²) in [5, 5.41) is 0.838. The van der Waals surface area contributed by atoms with Crippen LogP contribution >= 0.6 is 11.8 Å². The fraction of sp³-hybridized carbons (Fsp3) is 0.143. The SMILES string of the molecule is Cc1cc(C)nc(Sc2ccc(N)cc2C(N)=O)c1. The molecule has 2 rings (SSSR count). The van der Waals surface area contributed by atoms with Gasteiger partial charge in [-0.05, 0) is 49.7 Å². The van der Waals surface area contributed by atoms with Crippen LogP contribution in [0, 0.1) is 13.8 Å². The third-order valence-corrected chi connectivity index (χ3v) is 3.55. The van der Waals surface area contributed by atoms with Crippen molar-refractivity contribution in [1.82, 2.24) is 4.98 Å². The fourth-order valence-electron chi connectivity index (χ4n) is 1.80. The van der Waals surface area contributed by atoms with Crippen LogP contribution in [-0.2, 0) is 0 Å². The summed E-state index contributed by atoms with van der Waals surface area (Å²) in [6.07, 6.45) is 0. The van der Waals surface area contributed by atoms with Gasteiger partial charge in [-0.1, -0.05) is 11.8 Å². The zero-order valence-electron chi connectivity index (χ0n) is 10.8. The van der Waals surface area contributed by atoms with Gasteiger partial charge in [-0.3, -0.25) is 4.79 Å². The van der Waals surface area contributed by atoms with Crippen molar-refractivity contribution in [3.8, 4) is 0 Å². The Labute approximate surface area is 116 Å². The first-order chi connectivity index (χ1) is 8.95. The number of benzene rings is 1. The normalized spacial score (nSPS) is 10.4. The van der Waals surface area contributed by atoms with Gasteiger partial charge in [-0.15, -0.1) is 0 Å². The van der Waals surface area contributed by atoms with E-state index in [-0.39, 0.29) is 0 Å². The lowest BCUT2D eigenvalue weighted by Gasteiger charge is -2.08. The Balaban J connectivity index is 2.40. The molecule has 0 saturated carbocycles. The molecule has 1 heterocycles. The quantitative estimate of drug-likeness (QED) is 0.842. The number of pyridine rings is 1. The molecule has 4 nitrogen and oxygen atoms in total. The first-order valence-corrected chi connectivity index (χ1v) is 6.60. The average Bonchev–Trinajstić information content (AvgIpc) is 2.30. The van der Waals surface area contributed by atoms with Crippen LogP contribution in [0.4, 0.5) is 5.69 Å². The maximum absolute atomic E-state index is 11.4. The van der Waals surface area contributed by atoms with E-state index in [2.05, 4.69) is 4.98 Å². The third kappa shape index (κ3) is 3.26. The van der Waals surface area contributed by atoms with Crippen molar-refractivity contribution in [2.45, 2.75) is 23.8 Å². The summed E-state index contributed by atoms with van der Waals surface area (Å²) in [5.74, 6) is -0.487. The second-order valence-corrected chi connectivity index (χ2v) is 5.41. The number of anilines is 1. The number of nitrogens with two attached hydrogens (primary N) is 2. The van der Waals surface area contributed by atoms with Crippen LogP contribution in [0.1, 0.15) is 21.6 Å². The van der Waals surface area contributed by atoms with Gasteiger partial charge < -0.3 is 11.5 Å². The first kappa shape index (κ1) is 13.4. The Morgan fingerprint density at radius 2 is 1.95 bits per heavy atom. The van der Waals surface area contributed by atoms with Crippen molar-refractivity contribution >= 4 is 23.4 Å². The van der Waals surface area contributed by atoms with E-state index in [1.54, 1.807) is 18.2 Å². The number of primary amides is 1. The minimum absolute atomic E-state index is 0.422. The molecule has 98 valence electrons. The monoisotopic (exact) mass is 273 g/mol. The molecule has 0 aliphatic rings. The highest BCUT2D eigenvalue weighted by Crippen LogP contribution is 2.30. The molecule has 0 saturated heterocycles. The van der Waals surface area contributed by atoms with Crippen LogP contribution in [-0.4, -0.2) is 10.9 Å². The third-order valence-electron chi connectivity index (χ3n) is 2.56. The molecule has 19 heavy (non-hydrogen) atoms. The molecule has 4 N–H and O–H groups in total. The van der Waals surface area contributed by atoms with Gasteiger partial charge in [-0.25, -0.2) is 4.98 Å². The number of aromatic nitrogens is 1. The molecule has 0 unspecified atom stereocenters. The van der Waals surface area contributed by atoms with E-state index in [9.17, 15) is 4.79 Å². The zero-order valence-corrected chi connectivity index (χ0v) is 11.6. The maximum atomic E-state index is 11.4. The van der Waals surface area contributed by atoms with Crippen LogP contribution in [0.2, 0.25) is 0 Å². The summed E-state index contributed by atoms with van der Waals surface area (Å²) in [6, 6.07) is 9.10. The Hall–Kier alpha value is -2.01. The summed E-state index contributed by atoms with van der Waals surface area (Å²) in [4.78, 5) is 16.6. The van der Waals surface area contributed by atoms with Crippen molar-refractivity contribution in [2.75, 3.05) is 5.73 Å². The number of hydrogen-bond donors (Lipinski definition) is 2. The lowest BCUT2D eigenvalue weighted by molar-refractivity contribution is 0.0997. The van der Waals surface area contributed by atoms with Gasteiger partial charge >= 0.3 is 0 Å². The molecule has 5 heteroatoms. The van der Waals surface area contributed by atoms with Crippen LogP contribution in [0.15, 0.2) is 40.3 Å². The van der Waals surface area contributed by atoms with Crippen molar-refractivity contribution < 1.29 is 4.79 Å². The van der Waals surface area contributed by atoms with Crippen LogP contribution in [0.3, 0.4) is 0 Å². The first-order valence-electron chi connectivity index (χ1n) is 5.78. The van der Waals surface area contributed by atoms with Gasteiger partial charge in [-0.2, -0.15) is 0 Å². The van der Waals surface area contributed by atoms with E-state index in [0.717, 1.165) is 21.2 Å². The molecule has 0 radical (unpaired) electrons. The van der Waals surface area contributed by atoms with Crippen LogP contribution < -0.4 is 11.5 Å². The number of hydrogen-bond acceptors (Lipinski definition) is 4. The van der Waals surface area contributed by atoms with Gasteiger partial charge in [0.15, 0.2) is 0 Å². The van der Waals surface area contributed by atoms with Crippen molar-refractivity contribution in [3.05, 3.63) is 47.2 Å². The number of nitrogen functional groups attached to an aromatic ring is 1. The van der Waals surface area contributed by atoms with Gasteiger partial charge in [0.05, 0.1) is 5.56 Å². The largest absolute Gasteiger partial charge is 0.399 e. The molecule has 0 aliphatic heterocycles. The maximum Gasteiger partial charge on any atom is 0.249 e. The van der Waals surface area contributed by atoms with E-state index in [1.165, 1.54) is 11.8 Å². The lowest BCUT2D eigenvalue weighted by atomic mass is 10.2. The Kier molecular flexibility index (Phi) is 3.76.